The molecule has 0 aliphatic rings. The molecule has 1 rings (SSSR count). The van der Waals surface area contributed by atoms with Crippen LogP contribution in [0.3, 0.4) is 0 Å². The second-order valence-corrected chi connectivity index (χ2v) is 4.65. The van der Waals surface area contributed by atoms with Crippen LogP contribution in [0.1, 0.15) is 32.3 Å². The number of aryl methyl sites for hydroxylation is 1. The minimum Gasteiger partial charge on any atom is -0.314 e. The maximum absolute atomic E-state index is 3.59. The molecule has 2 heteroatoms. The first-order chi connectivity index (χ1) is 7.27. The highest BCUT2D eigenvalue weighted by atomic mass is 79.9. The molecule has 0 fully saturated rings. The Hall–Kier alpha value is -0.340. The Morgan fingerprint density at radius 2 is 2.00 bits per heavy atom. The SMILES string of the molecule is CCNC(CC)CCc1ccccc1Br. The van der Waals surface area contributed by atoms with E-state index in [2.05, 4.69) is 59.4 Å². The molecule has 1 aromatic carbocycles. The number of rotatable bonds is 6. The third-order valence-electron chi connectivity index (χ3n) is 2.71. The highest BCUT2D eigenvalue weighted by Gasteiger charge is 2.05. The zero-order valence-electron chi connectivity index (χ0n) is 9.59. The lowest BCUT2D eigenvalue weighted by molar-refractivity contribution is 0.481. The summed E-state index contributed by atoms with van der Waals surface area (Å²) in [6.07, 6.45) is 3.57. The molecule has 0 aromatic heterocycles. The molecule has 0 radical (unpaired) electrons. The number of nitrogens with one attached hydrogen (secondary N) is 1. The van der Waals surface area contributed by atoms with Crippen LogP contribution < -0.4 is 5.32 Å². The van der Waals surface area contributed by atoms with Crippen LogP contribution in [-0.2, 0) is 6.42 Å². The van der Waals surface area contributed by atoms with Crippen LogP contribution in [0.2, 0.25) is 0 Å². The van der Waals surface area contributed by atoms with Gasteiger partial charge in [0.05, 0.1) is 0 Å². The Kier molecular flexibility index (Phi) is 5.96. The molecule has 0 spiro atoms. The van der Waals surface area contributed by atoms with E-state index in [4.69, 9.17) is 0 Å². The molecule has 1 nitrogen and oxygen atoms in total. The summed E-state index contributed by atoms with van der Waals surface area (Å²) in [5, 5.41) is 3.51. The van der Waals surface area contributed by atoms with Crippen molar-refractivity contribution in [3.05, 3.63) is 34.3 Å². The van der Waals surface area contributed by atoms with E-state index in [-0.39, 0.29) is 0 Å². The van der Waals surface area contributed by atoms with Crippen LogP contribution in [0.25, 0.3) is 0 Å². The van der Waals surface area contributed by atoms with E-state index in [0.29, 0.717) is 6.04 Å². The van der Waals surface area contributed by atoms with Crippen LogP contribution in [0, 0.1) is 0 Å². The molecule has 84 valence electrons. The number of hydrogen-bond acceptors (Lipinski definition) is 1. The summed E-state index contributed by atoms with van der Waals surface area (Å²) in [6, 6.07) is 9.14. The van der Waals surface area contributed by atoms with Crippen LogP contribution in [-0.4, -0.2) is 12.6 Å². The van der Waals surface area contributed by atoms with E-state index in [1.54, 1.807) is 0 Å². The van der Waals surface area contributed by atoms with Gasteiger partial charge in [0.1, 0.15) is 0 Å². The van der Waals surface area contributed by atoms with E-state index >= 15 is 0 Å². The maximum Gasteiger partial charge on any atom is 0.0207 e. The first kappa shape index (κ1) is 12.7. The standard InChI is InChI=1S/C13H20BrN/c1-3-12(15-4-2)10-9-11-7-5-6-8-13(11)14/h5-8,12,15H,3-4,9-10H2,1-2H3. The van der Waals surface area contributed by atoms with Gasteiger partial charge in [-0.2, -0.15) is 0 Å². The van der Waals surface area contributed by atoms with Gasteiger partial charge in [-0.25, -0.2) is 0 Å². The van der Waals surface area contributed by atoms with Crippen molar-refractivity contribution in [3.8, 4) is 0 Å². The monoisotopic (exact) mass is 269 g/mol. The van der Waals surface area contributed by atoms with Gasteiger partial charge in [-0.3, -0.25) is 0 Å². The quantitative estimate of drug-likeness (QED) is 0.829. The first-order valence-electron chi connectivity index (χ1n) is 5.74. The number of halogens is 1. The fourth-order valence-corrected chi connectivity index (χ4v) is 2.25. The van der Waals surface area contributed by atoms with Gasteiger partial charge in [0.15, 0.2) is 0 Å². The predicted octanol–water partition coefficient (Wildman–Crippen LogP) is 3.77. The normalized spacial score (nSPS) is 12.7. The topological polar surface area (TPSA) is 12.0 Å². The average Bonchev–Trinajstić information content (AvgIpc) is 2.26. The Morgan fingerprint density at radius 3 is 2.60 bits per heavy atom. The summed E-state index contributed by atoms with van der Waals surface area (Å²) in [5.41, 5.74) is 1.41. The predicted molar refractivity (Wildman–Crippen MR) is 70.2 cm³/mol. The van der Waals surface area contributed by atoms with Crippen molar-refractivity contribution in [2.75, 3.05) is 6.54 Å². The smallest absolute Gasteiger partial charge is 0.0207 e. The average molecular weight is 270 g/mol. The molecule has 0 amide bonds. The van der Waals surface area contributed by atoms with Gasteiger partial charge in [0.2, 0.25) is 0 Å². The first-order valence-corrected chi connectivity index (χ1v) is 6.54. The van der Waals surface area contributed by atoms with Crippen molar-refractivity contribution in [1.82, 2.24) is 5.32 Å². The minimum atomic E-state index is 0.655. The Morgan fingerprint density at radius 1 is 1.27 bits per heavy atom. The van der Waals surface area contributed by atoms with Gasteiger partial charge in [-0.1, -0.05) is 48.0 Å². The third kappa shape index (κ3) is 4.35. The van der Waals surface area contributed by atoms with E-state index in [1.165, 1.54) is 22.9 Å². The van der Waals surface area contributed by atoms with E-state index < -0.39 is 0 Å². The lowest BCUT2D eigenvalue weighted by Gasteiger charge is -2.15. The molecular weight excluding hydrogens is 250 g/mol. The van der Waals surface area contributed by atoms with E-state index in [9.17, 15) is 0 Å². The van der Waals surface area contributed by atoms with Crippen molar-refractivity contribution < 1.29 is 0 Å². The lowest BCUT2D eigenvalue weighted by atomic mass is 10.0. The van der Waals surface area contributed by atoms with Crippen molar-refractivity contribution in [2.45, 2.75) is 39.2 Å². The fraction of sp³-hybridized carbons (Fsp3) is 0.538. The van der Waals surface area contributed by atoms with Gasteiger partial charge in [-0.05, 0) is 37.4 Å². The van der Waals surface area contributed by atoms with Crippen LogP contribution >= 0.6 is 15.9 Å². The van der Waals surface area contributed by atoms with Crippen molar-refractivity contribution in [1.29, 1.82) is 0 Å². The summed E-state index contributed by atoms with van der Waals surface area (Å²) in [6.45, 7) is 5.48. The number of benzene rings is 1. The molecule has 0 aliphatic heterocycles. The molecule has 0 saturated heterocycles. The molecule has 1 atom stereocenters. The largest absolute Gasteiger partial charge is 0.314 e. The Labute approximate surface area is 101 Å². The molecule has 0 aliphatic carbocycles. The molecule has 1 aromatic rings. The molecular formula is C13H20BrN. The summed E-state index contributed by atoms with van der Waals surface area (Å²) in [4.78, 5) is 0. The summed E-state index contributed by atoms with van der Waals surface area (Å²) in [7, 11) is 0. The second kappa shape index (κ2) is 7.02. The summed E-state index contributed by atoms with van der Waals surface area (Å²) >= 11 is 3.59. The fourth-order valence-electron chi connectivity index (χ4n) is 1.77. The molecule has 0 saturated carbocycles. The Bertz CT molecular complexity index is 286. The van der Waals surface area contributed by atoms with Gasteiger partial charge >= 0.3 is 0 Å². The third-order valence-corrected chi connectivity index (χ3v) is 3.48. The lowest BCUT2D eigenvalue weighted by Crippen LogP contribution is -2.28. The van der Waals surface area contributed by atoms with Gasteiger partial charge in [-0.15, -0.1) is 0 Å². The van der Waals surface area contributed by atoms with Crippen LogP contribution in [0.5, 0.6) is 0 Å². The second-order valence-electron chi connectivity index (χ2n) is 3.79. The Balaban J connectivity index is 2.45. The highest BCUT2D eigenvalue weighted by Crippen LogP contribution is 2.18. The maximum atomic E-state index is 3.59. The van der Waals surface area contributed by atoms with Gasteiger partial charge in [0, 0.05) is 10.5 Å². The molecule has 1 unspecified atom stereocenters. The summed E-state index contributed by atoms with van der Waals surface area (Å²) < 4.78 is 1.23. The van der Waals surface area contributed by atoms with E-state index in [1.807, 2.05) is 0 Å². The van der Waals surface area contributed by atoms with Crippen molar-refractivity contribution >= 4 is 15.9 Å². The molecule has 1 N–H and O–H groups in total. The zero-order chi connectivity index (χ0) is 11.1. The highest BCUT2D eigenvalue weighted by molar-refractivity contribution is 9.10. The molecule has 15 heavy (non-hydrogen) atoms. The number of hydrogen-bond donors (Lipinski definition) is 1. The van der Waals surface area contributed by atoms with Crippen LogP contribution in [0.15, 0.2) is 28.7 Å². The van der Waals surface area contributed by atoms with E-state index in [0.717, 1.165) is 13.0 Å². The van der Waals surface area contributed by atoms with Crippen molar-refractivity contribution in [2.24, 2.45) is 0 Å². The van der Waals surface area contributed by atoms with Gasteiger partial charge in [0.25, 0.3) is 0 Å². The zero-order valence-corrected chi connectivity index (χ0v) is 11.2. The van der Waals surface area contributed by atoms with Crippen molar-refractivity contribution in [3.63, 3.8) is 0 Å². The summed E-state index contributed by atoms with van der Waals surface area (Å²) in [5.74, 6) is 0. The molecule has 0 heterocycles. The van der Waals surface area contributed by atoms with Gasteiger partial charge < -0.3 is 5.32 Å². The van der Waals surface area contributed by atoms with Crippen LogP contribution in [0.4, 0.5) is 0 Å². The minimum absolute atomic E-state index is 0.655. The molecule has 0 bridgehead atoms.